The van der Waals surface area contributed by atoms with Crippen molar-refractivity contribution in [3.8, 4) is 11.1 Å². The largest absolute Gasteiger partial charge is 0.386 e. The monoisotopic (exact) mass is 516 g/mol. The molecule has 0 spiro atoms. The summed E-state index contributed by atoms with van der Waals surface area (Å²) in [6.07, 6.45) is 10.2. The standard InChI is InChI=1S/C34H41FO3/c1-5-34(6-2,29-12-11-26(24(3)21-29)15-19-33(36)17-7-8-18-33)30-13-14-31(25(4)22-30)28-10-9-27(16-20-38-37)32(35)23-28/h9-15,19,21-23,36-37H,5-8,16-18,20H2,1-4H3/b19-15+. The average Bonchev–Trinajstić information content (AvgIpc) is 3.35. The Balaban J connectivity index is 1.64. The minimum absolute atomic E-state index is 0.0685. The van der Waals surface area contributed by atoms with Crippen molar-refractivity contribution in [1.82, 2.24) is 0 Å². The second kappa shape index (κ2) is 11.9. The van der Waals surface area contributed by atoms with Gasteiger partial charge >= 0.3 is 0 Å². The van der Waals surface area contributed by atoms with Gasteiger partial charge in [-0.25, -0.2) is 9.28 Å². The molecule has 0 aromatic heterocycles. The summed E-state index contributed by atoms with van der Waals surface area (Å²) in [6.45, 7) is 8.80. The lowest BCUT2D eigenvalue weighted by atomic mass is 9.69. The van der Waals surface area contributed by atoms with Gasteiger partial charge in [-0.3, -0.25) is 5.26 Å². The van der Waals surface area contributed by atoms with Crippen LogP contribution in [0.3, 0.4) is 0 Å². The molecule has 4 rings (SSSR count). The Bertz CT molecular complexity index is 1280. The Morgan fingerprint density at radius 3 is 2.16 bits per heavy atom. The SMILES string of the molecule is CCC(CC)(c1ccc(/C=C/C2(O)CCCC2)c(C)c1)c1ccc(-c2ccc(CCOO)c(F)c2)c(C)c1. The van der Waals surface area contributed by atoms with Gasteiger partial charge in [-0.15, -0.1) is 0 Å². The molecular weight excluding hydrogens is 475 g/mol. The number of benzene rings is 3. The summed E-state index contributed by atoms with van der Waals surface area (Å²) < 4.78 is 14.7. The fraction of sp³-hybridized carbons (Fsp3) is 0.412. The first-order valence-electron chi connectivity index (χ1n) is 13.9. The highest BCUT2D eigenvalue weighted by Crippen LogP contribution is 2.41. The zero-order valence-corrected chi connectivity index (χ0v) is 23.2. The van der Waals surface area contributed by atoms with Crippen molar-refractivity contribution in [3.05, 3.63) is 99.9 Å². The summed E-state index contributed by atoms with van der Waals surface area (Å²) in [5, 5.41) is 19.3. The molecule has 3 aromatic rings. The van der Waals surface area contributed by atoms with E-state index in [-0.39, 0.29) is 17.8 Å². The number of hydrogen-bond donors (Lipinski definition) is 2. The lowest BCUT2D eigenvalue weighted by Crippen LogP contribution is -2.26. The minimum atomic E-state index is -0.655. The Labute approximate surface area is 226 Å². The van der Waals surface area contributed by atoms with E-state index < -0.39 is 5.60 Å². The molecule has 1 aliphatic rings. The first kappa shape index (κ1) is 28.2. The first-order valence-corrected chi connectivity index (χ1v) is 13.9. The van der Waals surface area contributed by atoms with Crippen molar-refractivity contribution in [3.63, 3.8) is 0 Å². The van der Waals surface area contributed by atoms with Gasteiger partial charge in [0.2, 0.25) is 0 Å². The van der Waals surface area contributed by atoms with Crippen molar-refractivity contribution < 1.29 is 19.6 Å². The van der Waals surface area contributed by atoms with Gasteiger partial charge in [-0.05, 0) is 90.1 Å². The van der Waals surface area contributed by atoms with Crippen molar-refractivity contribution in [2.24, 2.45) is 0 Å². The quantitative estimate of drug-likeness (QED) is 0.210. The van der Waals surface area contributed by atoms with Crippen LogP contribution in [0.4, 0.5) is 4.39 Å². The van der Waals surface area contributed by atoms with Crippen LogP contribution in [0, 0.1) is 19.7 Å². The second-order valence-corrected chi connectivity index (χ2v) is 10.9. The van der Waals surface area contributed by atoms with E-state index in [1.54, 1.807) is 12.1 Å². The molecule has 4 heteroatoms. The van der Waals surface area contributed by atoms with E-state index in [0.29, 0.717) is 12.0 Å². The highest BCUT2D eigenvalue weighted by atomic mass is 19.1. The summed E-state index contributed by atoms with van der Waals surface area (Å²) in [4.78, 5) is 4.11. The smallest absolute Gasteiger partial charge is 0.127 e. The molecule has 0 heterocycles. The normalized spacial score (nSPS) is 15.4. The third-order valence-corrected chi connectivity index (χ3v) is 8.68. The Kier molecular flexibility index (Phi) is 8.87. The highest BCUT2D eigenvalue weighted by molar-refractivity contribution is 5.69. The third kappa shape index (κ3) is 5.78. The van der Waals surface area contributed by atoms with Gasteiger partial charge in [0.25, 0.3) is 0 Å². The molecule has 0 aliphatic heterocycles. The fourth-order valence-electron chi connectivity index (χ4n) is 6.15. The third-order valence-electron chi connectivity index (χ3n) is 8.68. The van der Waals surface area contributed by atoms with Crippen LogP contribution in [0.25, 0.3) is 17.2 Å². The van der Waals surface area contributed by atoms with Gasteiger partial charge < -0.3 is 5.11 Å². The summed E-state index contributed by atoms with van der Waals surface area (Å²) in [5.41, 5.74) is 7.64. The Morgan fingerprint density at radius 1 is 0.921 bits per heavy atom. The van der Waals surface area contributed by atoms with E-state index in [1.807, 2.05) is 12.1 Å². The van der Waals surface area contributed by atoms with Crippen LogP contribution >= 0.6 is 0 Å². The maximum absolute atomic E-state index is 14.7. The molecular formula is C34H41FO3. The van der Waals surface area contributed by atoms with E-state index in [2.05, 4.69) is 75.1 Å². The zero-order chi connectivity index (χ0) is 27.3. The van der Waals surface area contributed by atoms with Crippen LogP contribution in [0.2, 0.25) is 0 Å². The van der Waals surface area contributed by atoms with Gasteiger partial charge in [-0.1, -0.05) is 87.4 Å². The summed E-state index contributed by atoms with van der Waals surface area (Å²) in [6, 6.07) is 18.6. The molecule has 0 unspecified atom stereocenters. The zero-order valence-electron chi connectivity index (χ0n) is 23.2. The maximum atomic E-state index is 14.7. The maximum Gasteiger partial charge on any atom is 0.127 e. The van der Waals surface area contributed by atoms with Crippen LogP contribution in [0.5, 0.6) is 0 Å². The molecule has 1 aliphatic carbocycles. The molecule has 0 radical (unpaired) electrons. The van der Waals surface area contributed by atoms with Crippen molar-refractivity contribution in [1.29, 1.82) is 0 Å². The Hall–Kier alpha value is -2.79. The fourth-order valence-corrected chi connectivity index (χ4v) is 6.15. The lowest BCUT2D eigenvalue weighted by Gasteiger charge is -2.34. The van der Waals surface area contributed by atoms with Crippen molar-refractivity contribution in [2.45, 2.75) is 83.7 Å². The van der Waals surface area contributed by atoms with Crippen LogP contribution < -0.4 is 0 Å². The lowest BCUT2D eigenvalue weighted by molar-refractivity contribution is -0.241. The molecule has 3 nitrogen and oxygen atoms in total. The minimum Gasteiger partial charge on any atom is -0.386 e. The van der Waals surface area contributed by atoms with E-state index >= 15 is 0 Å². The molecule has 1 fully saturated rings. The number of aryl methyl sites for hydroxylation is 2. The topological polar surface area (TPSA) is 49.7 Å². The average molecular weight is 517 g/mol. The summed E-state index contributed by atoms with van der Waals surface area (Å²) in [5.74, 6) is -0.288. The van der Waals surface area contributed by atoms with E-state index in [1.165, 1.54) is 16.7 Å². The molecule has 1 saturated carbocycles. The van der Waals surface area contributed by atoms with Crippen LogP contribution in [0.1, 0.15) is 85.8 Å². The molecule has 3 aromatic carbocycles. The summed E-state index contributed by atoms with van der Waals surface area (Å²) >= 11 is 0. The van der Waals surface area contributed by atoms with E-state index in [4.69, 9.17) is 5.26 Å². The van der Waals surface area contributed by atoms with Crippen molar-refractivity contribution in [2.75, 3.05) is 6.61 Å². The predicted octanol–water partition coefficient (Wildman–Crippen LogP) is 8.57. The Morgan fingerprint density at radius 2 is 1.58 bits per heavy atom. The molecule has 0 amide bonds. The highest BCUT2D eigenvalue weighted by Gasteiger charge is 2.32. The molecule has 0 bridgehead atoms. The molecule has 202 valence electrons. The molecule has 38 heavy (non-hydrogen) atoms. The predicted molar refractivity (Wildman–Crippen MR) is 154 cm³/mol. The first-order chi connectivity index (χ1) is 18.2. The van der Waals surface area contributed by atoms with Gasteiger partial charge in [0.1, 0.15) is 5.82 Å². The van der Waals surface area contributed by atoms with E-state index in [9.17, 15) is 9.50 Å². The van der Waals surface area contributed by atoms with Gasteiger partial charge in [-0.2, -0.15) is 0 Å². The van der Waals surface area contributed by atoms with Gasteiger partial charge in [0.15, 0.2) is 0 Å². The van der Waals surface area contributed by atoms with Crippen LogP contribution in [0.15, 0.2) is 60.7 Å². The van der Waals surface area contributed by atoms with Gasteiger partial charge in [0.05, 0.1) is 12.2 Å². The van der Waals surface area contributed by atoms with Gasteiger partial charge in [0, 0.05) is 11.8 Å². The number of halogens is 1. The van der Waals surface area contributed by atoms with Crippen LogP contribution in [-0.4, -0.2) is 22.6 Å². The molecule has 2 N–H and O–H groups in total. The number of aliphatic hydroxyl groups is 1. The number of rotatable bonds is 10. The molecule has 0 saturated heterocycles. The van der Waals surface area contributed by atoms with Crippen LogP contribution in [-0.2, 0) is 16.7 Å². The van der Waals surface area contributed by atoms with E-state index in [0.717, 1.165) is 60.8 Å². The molecule has 0 atom stereocenters. The van der Waals surface area contributed by atoms with Crippen molar-refractivity contribution >= 4 is 6.08 Å². The number of hydrogen-bond acceptors (Lipinski definition) is 3. The second-order valence-electron chi connectivity index (χ2n) is 10.9. The summed E-state index contributed by atoms with van der Waals surface area (Å²) in [7, 11) is 0.